The van der Waals surface area contributed by atoms with E-state index in [0.29, 0.717) is 5.56 Å². The lowest BCUT2D eigenvalue weighted by molar-refractivity contribution is -0.344. The fourth-order valence-electron chi connectivity index (χ4n) is 4.68. The summed E-state index contributed by atoms with van der Waals surface area (Å²) < 4.78 is 16.8. The van der Waals surface area contributed by atoms with Crippen LogP contribution in [-0.4, -0.2) is 73.3 Å². The largest absolute Gasteiger partial charge is 0.508 e. The lowest BCUT2D eigenvalue weighted by atomic mass is 9.81. The number of aliphatic hydroxyl groups excluding tert-OH is 3. The zero-order chi connectivity index (χ0) is 27.3. The van der Waals surface area contributed by atoms with Crippen molar-refractivity contribution in [2.24, 2.45) is 0 Å². The second kappa shape index (κ2) is 9.71. The number of carbonyl (C=O) groups is 2. The first-order chi connectivity index (χ1) is 18.1. The summed E-state index contributed by atoms with van der Waals surface area (Å²) in [7, 11) is 0. The second-order valence-electron chi connectivity index (χ2n) is 9.14. The predicted octanol–water partition coefficient (Wildman–Crippen LogP) is 1.38. The number of aryl methyl sites for hydroxylation is 1. The highest BCUT2D eigenvalue weighted by atomic mass is 16.8. The molecule has 0 bridgehead atoms. The Labute approximate surface area is 215 Å². The average Bonchev–Trinajstić information content (AvgIpc) is 2.87. The molecule has 3 aromatic carbocycles. The molecule has 0 spiro atoms. The van der Waals surface area contributed by atoms with E-state index in [4.69, 9.17) is 14.2 Å². The van der Waals surface area contributed by atoms with E-state index in [1.165, 1.54) is 30.3 Å². The van der Waals surface area contributed by atoms with Gasteiger partial charge in [0.15, 0.2) is 6.29 Å². The van der Waals surface area contributed by atoms with Gasteiger partial charge in [-0.15, -0.1) is 0 Å². The molecule has 6 N–H and O–H groups in total. The maximum Gasteiger partial charge on any atom is 0.340 e. The molecular weight excluding hydrogens is 500 g/mol. The number of fused-ring (bicyclic) bond motifs is 2. The van der Waals surface area contributed by atoms with Gasteiger partial charge in [-0.25, -0.2) is 4.79 Å². The molecule has 198 valence electrons. The molecule has 1 saturated heterocycles. The SMILES string of the molecule is Cc1cc(O)c2c(c1)[C@H](O[C@@H]1O[C@@H](OC(=O)c3ccccc3)[C@H](O)[C@H](O)[C@H]1O)c1cc(O)cc(O)c1C2=O. The standard InChI is InChI=1S/C27H24O11/c1-11-7-14-18(16(29)8-11)20(31)19-15(9-13(28)10-17(19)30)24(14)36-26-22(33)21(32)23(34)27(38-26)37-25(35)12-5-3-2-4-6-12/h2-10,21-24,26-30,32-34H,1H3/t21-,22-,23-,24+,26-,27-/m1/s1. The summed E-state index contributed by atoms with van der Waals surface area (Å²) in [6.45, 7) is 1.65. The molecule has 3 aromatic rings. The maximum absolute atomic E-state index is 13.2. The van der Waals surface area contributed by atoms with Crippen LogP contribution in [0.25, 0.3) is 0 Å². The Hall–Kier alpha value is -4.00. The van der Waals surface area contributed by atoms with Gasteiger partial charge in [0.2, 0.25) is 12.1 Å². The first kappa shape index (κ1) is 25.6. The molecule has 5 rings (SSSR count). The van der Waals surface area contributed by atoms with Gasteiger partial charge in [-0.2, -0.15) is 0 Å². The van der Waals surface area contributed by atoms with E-state index in [1.54, 1.807) is 25.1 Å². The number of phenolic OH excluding ortho intramolecular Hbond substituents is 3. The molecule has 1 fully saturated rings. The van der Waals surface area contributed by atoms with Gasteiger partial charge >= 0.3 is 5.97 Å². The van der Waals surface area contributed by atoms with Gasteiger partial charge in [-0.05, 0) is 36.8 Å². The number of phenols is 3. The quantitative estimate of drug-likeness (QED) is 0.271. The maximum atomic E-state index is 13.2. The summed E-state index contributed by atoms with van der Waals surface area (Å²) >= 11 is 0. The van der Waals surface area contributed by atoms with Crippen LogP contribution >= 0.6 is 0 Å². The number of carbonyl (C=O) groups excluding carboxylic acids is 2. The molecule has 1 aliphatic carbocycles. The summed E-state index contributed by atoms with van der Waals surface area (Å²) in [4.78, 5) is 25.7. The number of ether oxygens (including phenoxy) is 3. The highest BCUT2D eigenvalue weighted by Gasteiger charge is 2.48. The van der Waals surface area contributed by atoms with E-state index < -0.39 is 60.2 Å². The lowest BCUT2D eigenvalue weighted by Crippen LogP contribution is -2.59. The van der Waals surface area contributed by atoms with Crippen LogP contribution in [0.15, 0.2) is 54.6 Å². The van der Waals surface area contributed by atoms with Crippen LogP contribution in [0.5, 0.6) is 17.2 Å². The summed E-state index contributed by atoms with van der Waals surface area (Å²) in [6.07, 6.45) is -10.3. The molecule has 0 amide bonds. The molecule has 0 unspecified atom stereocenters. The van der Waals surface area contributed by atoms with Gasteiger partial charge in [0.05, 0.1) is 16.7 Å². The summed E-state index contributed by atoms with van der Waals surface area (Å²) in [5.41, 5.74) is 0.403. The Bertz CT molecular complexity index is 1340. The van der Waals surface area contributed by atoms with E-state index in [0.717, 1.165) is 6.07 Å². The molecule has 0 saturated carbocycles. The van der Waals surface area contributed by atoms with Crippen LogP contribution in [0.3, 0.4) is 0 Å². The normalized spacial score (nSPS) is 26.4. The van der Waals surface area contributed by atoms with Gasteiger partial charge in [0.1, 0.15) is 41.7 Å². The molecule has 38 heavy (non-hydrogen) atoms. The fraction of sp³-hybridized carbons (Fsp3) is 0.259. The van der Waals surface area contributed by atoms with Crippen molar-refractivity contribution in [3.05, 3.63) is 88.0 Å². The van der Waals surface area contributed by atoms with Crippen molar-refractivity contribution in [3.63, 3.8) is 0 Å². The number of ketones is 1. The van der Waals surface area contributed by atoms with Gasteiger partial charge in [0, 0.05) is 17.2 Å². The molecule has 0 radical (unpaired) electrons. The number of aromatic hydroxyl groups is 3. The van der Waals surface area contributed by atoms with Gasteiger partial charge in [-0.3, -0.25) is 4.79 Å². The Morgan fingerprint density at radius 2 is 1.42 bits per heavy atom. The summed E-state index contributed by atoms with van der Waals surface area (Å²) in [6, 6.07) is 12.8. The van der Waals surface area contributed by atoms with Gasteiger partial charge in [0.25, 0.3) is 0 Å². The summed E-state index contributed by atoms with van der Waals surface area (Å²) in [5, 5.41) is 62.7. The molecule has 0 aromatic heterocycles. The predicted molar refractivity (Wildman–Crippen MR) is 128 cm³/mol. The van der Waals surface area contributed by atoms with Crippen molar-refractivity contribution in [1.82, 2.24) is 0 Å². The third-order valence-corrected chi connectivity index (χ3v) is 6.47. The minimum atomic E-state index is -1.87. The number of hydrogen-bond acceptors (Lipinski definition) is 11. The molecular formula is C27H24O11. The zero-order valence-corrected chi connectivity index (χ0v) is 19.9. The number of hydrogen-bond donors (Lipinski definition) is 6. The Balaban J connectivity index is 1.52. The smallest absolute Gasteiger partial charge is 0.340 e. The minimum absolute atomic E-state index is 0.000702. The number of benzene rings is 3. The Kier molecular flexibility index (Phi) is 6.55. The monoisotopic (exact) mass is 524 g/mol. The van der Waals surface area contributed by atoms with E-state index in [9.17, 15) is 40.2 Å². The van der Waals surface area contributed by atoms with Crippen molar-refractivity contribution in [2.75, 3.05) is 0 Å². The van der Waals surface area contributed by atoms with Crippen LogP contribution < -0.4 is 0 Å². The Morgan fingerprint density at radius 1 is 0.816 bits per heavy atom. The van der Waals surface area contributed by atoms with Crippen LogP contribution in [-0.2, 0) is 14.2 Å². The third-order valence-electron chi connectivity index (χ3n) is 6.47. The fourth-order valence-corrected chi connectivity index (χ4v) is 4.68. The van der Waals surface area contributed by atoms with E-state index in [2.05, 4.69) is 0 Å². The topological polar surface area (TPSA) is 183 Å². The highest BCUT2D eigenvalue weighted by Crippen LogP contribution is 2.46. The first-order valence-electron chi connectivity index (χ1n) is 11.6. The minimum Gasteiger partial charge on any atom is -0.508 e. The Morgan fingerprint density at radius 3 is 2.11 bits per heavy atom. The molecule has 6 atom stereocenters. The van der Waals surface area contributed by atoms with Crippen molar-refractivity contribution >= 4 is 11.8 Å². The van der Waals surface area contributed by atoms with Gasteiger partial charge < -0.3 is 44.8 Å². The number of aliphatic hydroxyl groups is 3. The lowest BCUT2D eigenvalue weighted by Gasteiger charge is -2.41. The molecule has 2 aliphatic rings. The second-order valence-corrected chi connectivity index (χ2v) is 9.14. The van der Waals surface area contributed by atoms with Crippen LogP contribution in [0, 0.1) is 6.92 Å². The van der Waals surface area contributed by atoms with Crippen molar-refractivity contribution in [2.45, 2.75) is 43.9 Å². The average molecular weight is 524 g/mol. The van der Waals surface area contributed by atoms with Crippen molar-refractivity contribution < 1.29 is 54.4 Å². The first-order valence-corrected chi connectivity index (χ1v) is 11.6. The van der Waals surface area contributed by atoms with E-state index in [-0.39, 0.29) is 33.6 Å². The molecule has 1 heterocycles. The third kappa shape index (κ3) is 4.36. The molecule has 11 heteroatoms. The molecule has 11 nitrogen and oxygen atoms in total. The van der Waals surface area contributed by atoms with E-state index in [1.807, 2.05) is 0 Å². The molecule has 1 aliphatic heterocycles. The van der Waals surface area contributed by atoms with Crippen LogP contribution in [0.1, 0.15) is 49.1 Å². The highest BCUT2D eigenvalue weighted by molar-refractivity contribution is 6.16. The van der Waals surface area contributed by atoms with Crippen molar-refractivity contribution in [1.29, 1.82) is 0 Å². The van der Waals surface area contributed by atoms with Gasteiger partial charge in [-0.1, -0.05) is 24.3 Å². The summed E-state index contributed by atoms with van der Waals surface area (Å²) in [5.74, 6) is -2.93. The van der Waals surface area contributed by atoms with Crippen LogP contribution in [0.4, 0.5) is 0 Å². The van der Waals surface area contributed by atoms with Crippen molar-refractivity contribution in [3.8, 4) is 17.2 Å². The van der Waals surface area contributed by atoms with E-state index >= 15 is 0 Å². The van der Waals surface area contributed by atoms with Crippen LogP contribution in [0.2, 0.25) is 0 Å². The zero-order valence-electron chi connectivity index (χ0n) is 19.9. The number of esters is 1. The number of rotatable bonds is 4.